The smallest absolute Gasteiger partial charge is 0.290 e. The maximum absolute atomic E-state index is 12.3. The monoisotopic (exact) mass is 330 g/mol. The molecule has 0 bridgehead atoms. The van der Waals surface area contributed by atoms with E-state index in [1.807, 2.05) is 0 Å². The molecule has 0 aliphatic heterocycles. The second kappa shape index (κ2) is 4.64. The van der Waals surface area contributed by atoms with Crippen LogP contribution in [-0.4, -0.2) is 17.0 Å². The van der Waals surface area contributed by atoms with Crippen LogP contribution in [0.15, 0.2) is 6.07 Å². The minimum Gasteiger partial charge on any atom is -0.480 e. The van der Waals surface area contributed by atoms with E-state index in [1.165, 1.54) is 7.11 Å². The quantitative estimate of drug-likeness (QED) is 0.485. The van der Waals surface area contributed by atoms with Crippen molar-refractivity contribution in [3.63, 3.8) is 0 Å². The Morgan fingerprint density at radius 1 is 1.67 bits per heavy atom. The zero-order valence-electron chi connectivity index (χ0n) is 7.41. The maximum Gasteiger partial charge on any atom is 0.290 e. The van der Waals surface area contributed by atoms with Crippen LogP contribution in [0.1, 0.15) is 12.1 Å². The molecule has 1 aromatic heterocycles. The molecule has 0 aliphatic rings. The van der Waals surface area contributed by atoms with E-state index in [4.69, 9.17) is 0 Å². The molecule has 0 saturated heterocycles. The van der Waals surface area contributed by atoms with Gasteiger partial charge in [-0.25, -0.2) is 13.8 Å². The topological polar surface area (TPSA) is 65.3 Å². The van der Waals surface area contributed by atoms with E-state index in [0.717, 1.165) is 6.07 Å². The summed E-state index contributed by atoms with van der Waals surface area (Å²) in [7, 11) is 1.21. The fraction of sp³-hybridized carbons (Fsp3) is 0.286. The molecule has 0 N–H and O–H groups in total. The molecule has 0 spiro atoms. The summed E-state index contributed by atoms with van der Waals surface area (Å²) in [6.45, 7) is 0. The lowest BCUT2D eigenvalue weighted by Crippen LogP contribution is -2.01. The van der Waals surface area contributed by atoms with Gasteiger partial charge in [-0.1, -0.05) is 0 Å². The van der Waals surface area contributed by atoms with Crippen LogP contribution < -0.4 is 4.74 Å². The van der Waals surface area contributed by atoms with E-state index < -0.39 is 22.7 Å². The average Bonchev–Trinajstić information content (AvgIpc) is 2.17. The average molecular weight is 330 g/mol. The number of pyridine rings is 1. The molecule has 15 heavy (non-hydrogen) atoms. The van der Waals surface area contributed by atoms with E-state index in [2.05, 4.69) is 9.72 Å². The van der Waals surface area contributed by atoms with Crippen LogP contribution in [0.2, 0.25) is 0 Å². The largest absolute Gasteiger partial charge is 0.480 e. The summed E-state index contributed by atoms with van der Waals surface area (Å²) in [5.74, 6) is -0.167. The van der Waals surface area contributed by atoms with Crippen molar-refractivity contribution in [3.8, 4) is 5.88 Å². The number of ether oxygens (including phenoxy) is 1. The molecule has 1 heterocycles. The summed E-state index contributed by atoms with van der Waals surface area (Å²) >= 11 is 1.62. The number of hydrogen-bond donors (Lipinski definition) is 0. The summed E-state index contributed by atoms with van der Waals surface area (Å²) in [4.78, 5) is 13.2. The van der Waals surface area contributed by atoms with Crippen LogP contribution in [0, 0.1) is 13.7 Å². The third kappa shape index (κ3) is 2.49. The Balaban J connectivity index is 3.38. The number of hydrogen-bond acceptors (Lipinski definition) is 4. The lowest BCUT2D eigenvalue weighted by atomic mass is 10.3. The van der Waals surface area contributed by atoms with Crippen molar-refractivity contribution in [1.29, 1.82) is 0 Å². The number of nitrogens with zero attached hydrogens (tertiary/aromatic N) is 2. The predicted octanol–water partition coefficient (Wildman–Crippen LogP) is 2.54. The van der Waals surface area contributed by atoms with Crippen LogP contribution in [-0.2, 0) is 0 Å². The van der Waals surface area contributed by atoms with Gasteiger partial charge in [0.25, 0.3) is 12.1 Å². The van der Waals surface area contributed by atoms with Gasteiger partial charge in [0.1, 0.15) is 5.69 Å². The van der Waals surface area contributed by atoms with Gasteiger partial charge in [-0.3, -0.25) is 10.1 Å². The minimum absolute atomic E-state index is 0.101. The Morgan fingerprint density at radius 3 is 2.67 bits per heavy atom. The standard InChI is InChI=1S/C7H5F2IN2O3/c1-15-7-5(10)4(12(13)14)2-3(11-7)6(8)9/h2,6H,1H3. The van der Waals surface area contributed by atoms with E-state index in [-0.39, 0.29) is 9.45 Å². The van der Waals surface area contributed by atoms with Gasteiger partial charge in [-0.15, -0.1) is 0 Å². The normalized spacial score (nSPS) is 10.5. The van der Waals surface area contributed by atoms with Crippen LogP contribution in [0.3, 0.4) is 0 Å². The van der Waals surface area contributed by atoms with E-state index in [0.29, 0.717) is 0 Å². The van der Waals surface area contributed by atoms with E-state index >= 15 is 0 Å². The molecule has 82 valence electrons. The summed E-state index contributed by atoms with van der Waals surface area (Å²) in [6, 6.07) is 0.745. The van der Waals surface area contributed by atoms with Crippen molar-refractivity contribution in [2.45, 2.75) is 6.43 Å². The Kier molecular flexibility index (Phi) is 3.72. The van der Waals surface area contributed by atoms with E-state index in [9.17, 15) is 18.9 Å². The molecule has 0 aromatic carbocycles. The summed E-state index contributed by atoms with van der Waals surface area (Å²) in [6.07, 6.45) is -2.87. The fourth-order valence-corrected chi connectivity index (χ4v) is 1.58. The third-order valence-electron chi connectivity index (χ3n) is 1.54. The first-order chi connectivity index (χ1) is 6.97. The molecule has 0 unspecified atom stereocenters. The maximum atomic E-state index is 12.3. The van der Waals surface area contributed by atoms with Gasteiger partial charge in [0.05, 0.1) is 12.0 Å². The lowest BCUT2D eigenvalue weighted by molar-refractivity contribution is -0.386. The molecule has 1 aromatic rings. The van der Waals surface area contributed by atoms with Crippen molar-refractivity contribution >= 4 is 28.3 Å². The molecule has 0 saturated carbocycles. The number of alkyl halides is 2. The Morgan fingerprint density at radius 2 is 2.27 bits per heavy atom. The highest BCUT2D eigenvalue weighted by Gasteiger charge is 2.23. The molecule has 0 atom stereocenters. The van der Waals surface area contributed by atoms with Gasteiger partial charge in [0.15, 0.2) is 3.57 Å². The van der Waals surface area contributed by atoms with Crippen molar-refractivity contribution < 1.29 is 18.4 Å². The van der Waals surface area contributed by atoms with Gasteiger partial charge < -0.3 is 4.74 Å². The van der Waals surface area contributed by atoms with Gasteiger partial charge in [-0.05, 0) is 22.6 Å². The van der Waals surface area contributed by atoms with Crippen LogP contribution in [0.4, 0.5) is 14.5 Å². The Hall–Kier alpha value is -1.06. The fourth-order valence-electron chi connectivity index (χ4n) is 0.891. The molecule has 0 aliphatic carbocycles. The van der Waals surface area contributed by atoms with Crippen LogP contribution in [0.25, 0.3) is 0 Å². The van der Waals surface area contributed by atoms with Gasteiger partial charge >= 0.3 is 0 Å². The second-order valence-corrected chi connectivity index (χ2v) is 3.53. The van der Waals surface area contributed by atoms with Crippen molar-refractivity contribution in [2.24, 2.45) is 0 Å². The number of halogens is 3. The Bertz CT molecular complexity index is 400. The van der Waals surface area contributed by atoms with Gasteiger partial charge in [0, 0.05) is 6.07 Å². The molecule has 0 amide bonds. The first-order valence-corrected chi connectivity index (χ1v) is 4.72. The van der Waals surface area contributed by atoms with Crippen LogP contribution in [0.5, 0.6) is 5.88 Å². The molecular formula is C7H5F2IN2O3. The predicted molar refractivity (Wildman–Crippen MR) is 55.1 cm³/mol. The highest BCUT2D eigenvalue weighted by molar-refractivity contribution is 14.1. The lowest BCUT2D eigenvalue weighted by Gasteiger charge is -2.05. The highest BCUT2D eigenvalue weighted by atomic mass is 127. The summed E-state index contributed by atoms with van der Waals surface area (Å²) in [5.41, 5.74) is -1.10. The zero-order chi connectivity index (χ0) is 11.6. The Labute approximate surface area is 96.7 Å². The minimum atomic E-state index is -2.87. The number of rotatable bonds is 3. The van der Waals surface area contributed by atoms with Crippen LogP contribution >= 0.6 is 22.6 Å². The van der Waals surface area contributed by atoms with E-state index in [1.54, 1.807) is 22.6 Å². The number of aromatic nitrogens is 1. The molecule has 0 radical (unpaired) electrons. The molecular weight excluding hydrogens is 325 g/mol. The molecule has 1 rings (SSSR count). The van der Waals surface area contributed by atoms with Crippen molar-refractivity contribution in [3.05, 3.63) is 25.4 Å². The van der Waals surface area contributed by atoms with Gasteiger partial charge in [0.2, 0.25) is 5.88 Å². The first-order valence-electron chi connectivity index (χ1n) is 3.64. The van der Waals surface area contributed by atoms with Gasteiger partial charge in [-0.2, -0.15) is 0 Å². The SMILES string of the molecule is COc1nc(C(F)F)cc([N+](=O)[O-])c1I. The summed E-state index contributed by atoms with van der Waals surface area (Å²) < 4.78 is 29.4. The third-order valence-corrected chi connectivity index (χ3v) is 2.56. The summed E-state index contributed by atoms with van der Waals surface area (Å²) in [5, 5.41) is 10.5. The molecule has 8 heteroatoms. The molecule has 0 fully saturated rings. The highest BCUT2D eigenvalue weighted by Crippen LogP contribution is 2.32. The first kappa shape index (κ1) is 12.0. The van der Waals surface area contributed by atoms with Crippen molar-refractivity contribution in [1.82, 2.24) is 4.98 Å². The molecule has 5 nitrogen and oxygen atoms in total. The number of methoxy groups -OCH3 is 1. The second-order valence-electron chi connectivity index (χ2n) is 2.45. The zero-order valence-corrected chi connectivity index (χ0v) is 9.57. The van der Waals surface area contributed by atoms with Crippen molar-refractivity contribution in [2.75, 3.05) is 7.11 Å². The number of nitro groups is 1.